The number of hydrogen-bond donors (Lipinski definition) is 1. The number of rotatable bonds is 3. The van der Waals surface area contributed by atoms with Gasteiger partial charge in [0.15, 0.2) is 0 Å². The van der Waals surface area contributed by atoms with E-state index in [1.54, 1.807) is 13.1 Å². The van der Waals surface area contributed by atoms with Gasteiger partial charge >= 0.3 is 0 Å². The van der Waals surface area contributed by atoms with Crippen molar-refractivity contribution in [2.24, 2.45) is 0 Å². The number of fused-ring (bicyclic) bond motifs is 1. The highest BCUT2D eigenvalue weighted by Gasteiger charge is 2.11. The zero-order valence-electron chi connectivity index (χ0n) is 10.9. The molecule has 0 radical (unpaired) electrons. The SMILES string of the molecule is CNc1nc(Oc2ccc(C#N)c(F)c2)c2ccsc2n1. The molecule has 0 unspecified atom stereocenters. The van der Waals surface area contributed by atoms with Gasteiger partial charge in [0, 0.05) is 13.1 Å². The Morgan fingerprint density at radius 2 is 2.19 bits per heavy atom. The second-order valence-electron chi connectivity index (χ2n) is 4.10. The quantitative estimate of drug-likeness (QED) is 0.801. The van der Waals surface area contributed by atoms with Crippen LogP contribution in [-0.2, 0) is 0 Å². The maximum atomic E-state index is 13.6. The molecular weight excluding hydrogens is 291 g/mol. The minimum Gasteiger partial charge on any atom is -0.438 e. The fraction of sp³-hybridized carbons (Fsp3) is 0.0714. The molecule has 1 N–H and O–H groups in total. The average Bonchev–Trinajstić information content (AvgIpc) is 2.96. The Hall–Kier alpha value is -2.72. The van der Waals surface area contributed by atoms with E-state index in [-0.39, 0.29) is 11.3 Å². The summed E-state index contributed by atoms with van der Waals surface area (Å²) in [5.74, 6) is 0.419. The lowest BCUT2D eigenvalue weighted by Gasteiger charge is -2.08. The van der Waals surface area contributed by atoms with Crippen LogP contribution < -0.4 is 10.1 Å². The minimum absolute atomic E-state index is 0.0263. The highest BCUT2D eigenvalue weighted by Crippen LogP contribution is 2.31. The van der Waals surface area contributed by atoms with Crippen molar-refractivity contribution in [2.75, 3.05) is 12.4 Å². The van der Waals surface area contributed by atoms with Gasteiger partial charge in [0.2, 0.25) is 11.8 Å². The molecule has 3 aromatic rings. The summed E-state index contributed by atoms with van der Waals surface area (Å²) in [5, 5.41) is 14.2. The lowest BCUT2D eigenvalue weighted by Crippen LogP contribution is -1.98. The molecule has 0 spiro atoms. The molecule has 3 rings (SSSR count). The molecule has 0 aliphatic carbocycles. The van der Waals surface area contributed by atoms with Crippen molar-refractivity contribution in [1.29, 1.82) is 5.26 Å². The highest BCUT2D eigenvalue weighted by atomic mass is 32.1. The molecule has 21 heavy (non-hydrogen) atoms. The van der Waals surface area contributed by atoms with Crippen LogP contribution in [0, 0.1) is 17.1 Å². The summed E-state index contributed by atoms with van der Waals surface area (Å²) >= 11 is 1.46. The van der Waals surface area contributed by atoms with Gasteiger partial charge in [0.1, 0.15) is 22.5 Å². The van der Waals surface area contributed by atoms with E-state index < -0.39 is 5.82 Å². The molecule has 0 fully saturated rings. The zero-order valence-corrected chi connectivity index (χ0v) is 11.7. The van der Waals surface area contributed by atoms with Gasteiger partial charge in [-0.3, -0.25) is 0 Å². The molecule has 0 saturated carbocycles. The number of ether oxygens (including phenoxy) is 1. The number of benzene rings is 1. The fourth-order valence-corrected chi connectivity index (χ4v) is 2.53. The monoisotopic (exact) mass is 300 g/mol. The second-order valence-corrected chi connectivity index (χ2v) is 4.99. The summed E-state index contributed by atoms with van der Waals surface area (Å²) in [5.41, 5.74) is -0.0263. The number of thiophene rings is 1. The highest BCUT2D eigenvalue weighted by molar-refractivity contribution is 7.16. The first-order valence-corrected chi connectivity index (χ1v) is 6.89. The largest absolute Gasteiger partial charge is 0.438 e. The van der Waals surface area contributed by atoms with Crippen molar-refractivity contribution < 1.29 is 9.13 Å². The Labute approximate surface area is 123 Å². The number of anilines is 1. The van der Waals surface area contributed by atoms with Crippen molar-refractivity contribution in [3.05, 3.63) is 41.0 Å². The normalized spacial score (nSPS) is 10.3. The Morgan fingerprint density at radius 1 is 1.33 bits per heavy atom. The van der Waals surface area contributed by atoms with Crippen molar-refractivity contribution in [2.45, 2.75) is 0 Å². The summed E-state index contributed by atoms with van der Waals surface area (Å²) in [6.07, 6.45) is 0. The van der Waals surface area contributed by atoms with Crippen molar-refractivity contribution in [3.63, 3.8) is 0 Å². The first-order chi connectivity index (χ1) is 10.2. The topological polar surface area (TPSA) is 70.8 Å². The lowest BCUT2D eigenvalue weighted by atomic mass is 10.2. The molecule has 2 aromatic heterocycles. The van der Waals surface area contributed by atoms with Gasteiger partial charge in [-0.1, -0.05) is 0 Å². The molecule has 104 valence electrons. The summed E-state index contributed by atoms with van der Waals surface area (Å²) < 4.78 is 19.2. The molecule has 0 amide bonds. The molecule has 1 aromatic carbocycles. The smallest absolute Gasteiger partial charge is 0.232 e. The lowest BCUT2D eigenvalue weighted by molar-refractivity contribution is 0.464. The third-order valence-electron chi connectivity index (χ3n) is 2.79. The van der Waals surface area contributed by atoms with Crippen LogP contribution in [0.15, 0.2) is 29.6 Å². The van der Waals surface area contributed by atoms with Crippen LogP contribution in [0.4, 0.5) is 10.3 Å². The Balaban J connectivity index is 2.03. The Bertz CT molecular complexity index is 856. The van der Waals surface area contributed by atoms with Gasteiger partial charge in [0.05, 0.1) is 10.9 Å². The van der Waals surface area contributed by atoms with E-state index in [2.05, 4.69) is 15.3 Å². The van der Waals surface area contributed by atoms with Gasteiger partial charge in [0.25, 0.3) is 0 Å². The van der Waals surface area contributed by atoms with E-state index in [4.69, 9.17) is 10.00 Å². The van der Waals surface area contributed by atoms with Crippen molar-refractivity contribution in [1.82, 2.24) is 9.97 Å². The Kier molecular flexibility index (Phi) is 3.38. The number of halogens is 1. The average molecular weight is 300 g/mol. The third-order valence-corrected chi connectivity index (χ3v) is 3.60. The van der Waals surface area contributed by atoms with Crippen LogP contribution in [0.3, 0.4) is 0 Å². The van der Waals surface area contributed by atoms with E-state index in [0.717, 1.165) is 16.3 Å². The van der Waals surface area contributed by atoms with Gasteiger partial charge in [-0.25, -0.2) is 9.37 Å². The van der Waals surface area contributed by atoms with E-state index in [0.29, 0.717) is 11.8 Å². The van der Waals surface area contributed by atoms with Gasteiger partial charge in [-0.15, -0.1) is 11.3 Å². The maximum absolute atomic E-state index is 13.6. The van der Waals surface area contributed by atoms with Crippen LogP contribution in [-0.4, -0.2) is 17.0 Å². The van der Waals surface area contributed by atoms with E-state index in [1.807, 2.05) is 11.4 Å². The molecule has 0 aliphatic rings. The first kappa shape index (κ1) is 13.3. The molecule has 7 heteroatoms. The molecule has 0 bridgehead atoms. The Morgan fingerprint density at radius 3 is 2.90 bits per heavy atom. The van der Waals surface area contributed by atoms with Crippen LogP contribution in [0.2, 0.25) is 0 Å². The number of nitrogens with zero attached hydrogens (tertiary/aromatic N) is 3. The summed E-state index contributed by atoms with van der Waals surface area (Å²) in [4.78, 5) is 9.31. The molecule has 0 aliphatic heterocycles. The summed E-state index contributed by atoms with van der Waals surface area (Å²) in [6, 6.07) is 7.67. The summed E-state index contributed by atoms with van der Waals surface area (Å²) in [7, 11) is 1.71. The maximum Gasteiger partial charge on any atom is 0.232 e. The standard InChI is InChI=1S/C14H9FN4OS/c1-17-14-18-12(10-4-5-21-13(10)19-14)20-9-3-2-8(7-16)11(15)6-9/h2-6H,1H3,(H,17,18,19). The van der Waals surface area contributed by atoms with Gasteiger partial charge in [-0.2, -0.15) is 10.2 Å². The third kappa shape index (κ3) is 2.49. The molecule has 0 saturated heterocycles. The van der Waals surface area contributed by atoms with Gasteiger partial charge in [-0.05, 0) is 23.6 Å². The number of hydrogen-bond acceptors (Lipinski definition) is 6. The van der Waals surface area contributed by atoms with Gasteiger partial charge < -0.3 is 10.1 Å². The molecule has 2 heterocycles. The zero-order chi connectivity index (χ0) is 14.8. The van der Waals surface area contributed by atoms with E-state index in [1.165, 1.54) is 23.5 Å². The van der Waals surface area contributed by atoms with Crippen LogP contribution >= 0.6 is 11.3 Å². The molecule has 5 nitrogen and oxygen atoms in total. The minimum atomic E-state index is -0.626. The fourth-order valence-electron chi connectivity index (χ4n) is 1.78. The van der Waals surface area contributed by atoms with Crippen molar-refractivity contribution in [3.8, 4) is 17.7 Å². The van der Waals surface area contributed by atoms with Crippen LogP contribution in [0.1, 0.15) is 5.56 Å². The summed E-state index contributed by atoms with van der Waals surface area (Å²) in [6.45, 7) is 0. The first-order valence-electron chi connectivity index (χ1n) is 6.02. The number of nitriles is 1. The molecular formula is C14H9FN4OS. The predicted molar refractivity (Wildman–Crippen MR) is 78.2 cm³/mol. The number of aromatic nitrogens is 2. The van der Waals surface area contributed by atoms with E-state index >= 15 is 0 Å². The van der Waals surface area contributed by atoms with Crippen LogP contribution in [0.5, 0.6) is 11.6 Å². The predicted octanol–water partition coefficient (Wildman–Crippen LogP) is 3.54. The van der Waals surface area contributed by atoms with Crippen molar-refractivity contribution >= 4 is 27.5 Å². The molecule has 0 atom stereocenters. The van der Waals surface area contributed by atoms with E-state index in [9.17, 15) is 4.39 Å². The van der Waals surface area contributed by atoms with Crippen LogP contribution in [0.25, 0.3) is 10.2 Å². The second kappa shape index (κ2) is 5.34. The number of nitrogens with one attached hydrogen (secondary N) is 1.